The summed E-state index contributed by atoms with van der Waals surface area (Å²) in [6.45, 7) is 1.97. The maximum atomic E-state index is 10.8. The monoisotopic (exact) mass is 261 g/mol. The third kappa shape index (κ3) is 3.93. The zero-order valence-corrected chi connectivity index (χ0v) is 10.5. The lowest BCUT2D eigenvalue weighted by Gasteiger charge is -2.07. The Morgan fingerprint density at radius 3 is 2.95 bits per heavy atom. The van der Waals surface area contributed by atoms with Gasteiger partial charge in [0.25, 0.3) is 5.69 Å². The number of ether oxygens (including phenoxy) is 1. The minimum absolute atomic E-state index is 0.0699. The van der Waals surface area contributed by atoms with Crippen LogP contribution in [0.1, 0.15) is 18.4 Å². The van der Waals surface area contributed by atoms with Crippen LogP contribution in [-0.2, 0) is 4.74 Å². The van der Waals surface area contributed by atoms with Crippen LogP contribution < -0.4 is 5.32 Å². The van der Waals surface area contributed by atoms with Crippen molar-refractivity contribution in [3.8, 4) is 6.07 Å². The van der Waals surface area contributed by atoms with Gasteiger partial charge in [0, 0.05) is 24.9 Å². The molecule has 1 aliphatic rings. The second kappa shape index (κ2) is 6.16. The largest absolute Gasteiger partial charge is 0.383 e. The average Bonchev–Trinajstić information content (AvgIpc) is 3.22. The quantitative estimate of drug-likeness (QED) is 0.462. The van der Waals surface area contributed by atoms with Gasteiger partial charge in [-0.25, -0.2) is 0 Å². The van der Waals surface area contributed by atoms with Crippen molar-refractivity contribution in [1.29, 1.82) is 5.26 Å². The molecule has 1 aromatic rings. The molecule has 0 atom stereocenters. The van der Waals surface area contributed by atoms with Crippen LogP contribution in [0, 0.1) is 27.4 Å². The fraction of sp³-hybridized carbons (Fsp3) is 0.462. The fourth-order valence-electron chi connectivity index (χ4n) is 1.69. The Hall–Kier alpha value is -2.13. The Morgan fingerprint density at radius 2 is 2.32 bits per heavy atom. The molecule has 0 amide bonds. The zero-order valence-electron chi connectivity index (χ0n) is 10.5. The molecule has 2 rings (SSSR count). The topological polar surface area (TPSA) is 88.2 Å². The molecule has 0 radical (unpaired) electrons. The van der Waals surface area contributed by atoms with Crippen molar-refractivity contribution in [3.63, 3.8) is 0 Å². The summed E-state index contributed by atoms with van der Waals surface area (Å²) in [4.78, 5) is 10.2. The summed E-state index contributed by atoms with van der Waals surface area (Å²) in [5.74, 6) is 0.732. The van der Waals surface area contributed by atoms with Gasteiger partial charge in [-0.1, -0.05) is 0 Å². The predicted molar refractivity (Wildman–Crippen MR) is 69.8 cm³/mol. The highest BCUT2D eigenvalue weighted by Gasteiger charge is 2.20. The summed E-state index contributed by atoms with van der Waals surface area (Å²) in [7, 11) is 0. The molecule has 0 saturated heterocycles. The van der Waals surface area contributed by atoms with Crippen molar-refractivity contribution in [2.45, 2.75) is 12.8 Å². The SMILES string of the molecule is N#Cc1ccc(NCCOCC2CC2)cc1[N+](=O)[O-]. The lowest BCUT2D eigenvalue weighted by Crippen LogP contribution is -2.10. The molecule has 0 unspecified atom stereocenters. The molecule has 0 aliphatic heterocycles. The number of nitro groups is 1. The van der Waals surface area contributed by atoms with E-state index in [4.69, 9.17) is 10.00 Å². The van der Waals surface area contributed by atoms with Crippen LogP contribution >= 0.6 is 0 Å². The van der Waals surface area contributed by atoms with Gasteiger partial charge in [0.05, 0.1) is 11.5 Å². The Morgan fingerprint density at radius 1 is 1.53 bits per heavy atom. The van der Waals surface area contributed by atoms with E-state index in [0.717, 1.165) is 12.5 Å². The Balaban J connectivity index is 1.84. The van der Waals surface area contributed by atoms with Gasteiger partial charge in [-0.15, -0.1) is 0 Å². The maximum Gasteiger partial charge on any atom is 0.289 e. The van der Waals surface area contributed by atoms with Gasteiger partial charge in [0.15, 0.2) is 0 Å². The van der Waals surface area contributed by atoms with Crippen molar-refractivity contribution in [3.05, 3.63) is 33.9 Å². The van der Waals surface area contributed by atoms with Crippen LogP contribution in [0.4, 0.5) is 11.4 Å². The zero-order chi connectivity index (χ0) is 13.7. The van der Waals surface area contributed by atoms with Crippen molar-refractivity contribution < 1.29 is 9.66 Å². The number of benzene rings is 1. The number of nitrogens with zero attached hydrogens (tertiary/aromatic N) is 2. The van der Waals surface area contributed by atoms with Crippen molar-refractivity contribution in [2.24, 2.45) is 5.92 Å². The first-order valence-corrected chi connectivity index (χ1v) is 6.21. The summed E-state index contributed by atoms with van der Waals surface area (Å²) >= 11 is 0. The van der Waals surface area contributed by atoms with Crippen molar-refractivity contribution >= 4 is 11.4 Å². The molecule has 1 aliphatic carbocycles. The van der Waals surface area contributed by atoms with Gasteiger partial charge in [0.1, 0.15) is 11.6 Å². The van der Waals surface area contributed by atoms with Crippen LogP contribution in [0.3, 0.4) is 0 Å². The van der Waals surface area contributed by atoms with E-state index >= 15 is 0 Å². The third-order valence-electron chi connectivity index (χ3n) is 2.94. The number of nitriles is 1. The van der Waals surface area contributed by atoms with E-state index < -0.39 is 4.92 Å². The lowest BCUT2D eigenvalue weighted by molar-refractivity contribution is -0.385. The molecule has 0 heterocycles. The molecule has 19 heavy (non-hydrogen) atoms. The molecule has 1 aromatic carbocycles. The van der Waals surface area contributed by atoms with Gasteiger partial charge in [-0.05, 0) is 30.9 Å². The highest BCUT2D eigenvalue weighted by Crippen LogP contribution is 2.28. The standard InChI is InChI=1S/C13H15N3O3/c14-8-11-3-4-12(7-13(11)16(17)18)15-5-6-19-9-10-1-2-10/h3-4,7,10,15H,1-2,5-6,9H2. The molecular weight excluding hydrogens is 246 g/mol. The number of nitrogens with one attached hydrogen (secondary N) is 1. The summed E-state index contributed by atoms with van der Waals surface area (Å²) in [5.41, 5.74) is 0.521. The average molecular weight is 261 g/mol. The summed E-state index contributed by atoms with van der Waals surface area (Å²) in [6, 6.07) is 6.29. The first-order valence-electron chi connectivity index (χ1n) is 6.21. The van der Waals surface area contributed by atoms with E-state index in [2.05, 4.69) is 5.32 Å². The van der Waals surface area contributed by atoms with Crippen LogP contribution in [0.15, 0.2) is 18.2 Å². The lowest BCUT2D eigenvalue weighted by atomic mass is 10.2. The van der Waals surface area contributed by atoms with Crippen LogP contribution in [-0.4, -0.2) is 24.7 Å². The molecule has 0 spiro atoms. The van der Waals surface area contributed by atoms with Gasteiger partial charge in [0.2, 0.25) is 0 Å². The second-order valence-electron chi connectivity index (χ2n) is 4.55. The van der Waals surface area contributed by atoms with E-state index in [-0.39, 0.29) is 11.3 Å². The normalized spacial score (nSPS) is 13.8. The van der Waals surface area contributed by atoms with Crippen LogP contribution in [0.25, 0.3) is 0 Å². The molecule has 1 fully saturated rings. The second-order valence-corrected chi connectivity index (χ2v) is 4.55. The van der Waals surface area contributed by atoms with E-state index in [1.807, 2.05) is 0 Å². The van der Waals surface area contributed by atoms with E-state index in [0.29, 0.717) is 18.8 Å². The molecule has 0 aromatic heterocycles. The fourth-order valence-corrected chi connectivity index (χ4v) is 1.69. The van der Waals surface area contributed by atoms with Gasteiger partial charge in [-0.2, -0.15) is 5.26 Å². The van der Waals surface area contributed by atoms with E-state index in [9.17, 15) is 10.1 Å². The van der Waals surface area contributed by atoms with Crippen molar-refractivity contribution in [2.75, 3.05) is 25.1 Å². The first-order chi connectivity index (χ1) is 9.20. The van der Waals surface area contributed by atoms with Gasteiger partial charge in [-0.3, -0.25) is 10.1 Å². The van der Waals surface area contributed by atoms with Crippen molar-refractivity contribution in [1.82, 2.24) is 0 Å². The van der Waals surface area contributed by atoms with Gasteiger partial charge >= 0.3 is 0 Å². The first kappa shape index (κ1) is 13.3. The van der Waals surface area contributed by atoms with E-state index in [1.165, 1.54) is 25.0 Å². The minimum Gasteiger partial charge on any atom is -0.383 e. The number of rotatable bonds is 7. The molecule has 6 nitrogen and oxygen atoms in total. The molecular formula is C13H15N3O3. The number of hydrogen-bond donors (Lipinski definition) is 1. The summed E-state index contributed by atoms with van der Waals surface area (Å²) in [6.07, 6.45) is 2.52. The van der Waals surface area contributed by atoms with Crippen LogP contribution in [0.5, 0.6) is 0 Å². The Kier molecular flexibility index (Phi) is 4.31. The Bertz CT molecular complexity index is 506. The minimum atomic E-state index is -0.548. The smallest absolute Gasteiger partial charge is 0.289 e. The molecule has 100 valence electrons. The molecule has 1 N–H and O–H groups in total. The Labute approximate surface area is 111 Å². The molecule has 6 heteroatoms. The number of hydrogen-bond acceptors (Lipinski definition) is 5. The predicted octanol–water partition coefficient (Wildman–Crippen LogP) is 2.30. The van der Waals surface area contributed by atoms with E-state index in [1.54, 1.807) is 12.1 Å². The highest BCUT2D eigenvalue weighted by atomic mass is 16.6. The molecule has 0 bridgehead atoms. The highest BCUT2D eigenvalue weighted by molar-refractivity contribution is 5.59. The third-order valence-corrected chi connectivity index (χ3v) is 2.94. The summed E-state index contributed by atoms with van der Waals surface area (Å²) in [5, 5.41) is 22.6. The van der Waals surface area contributed by atoms with Crippen LogP contribution in [0.2, 0.25) is 0 Å². The summed E-state index contributed by atoms with van der Waals surface area (Å²) < 4.78 is 5.45. The van der Waals surface area contributed by atoms with Gasteiger partial charge < -0.3 is 10.1 Å². The maximum absolute atomic E-state index is 10.8. The molecule has 1 saturated carbocycles. The number of anilines is 1. The number of nitro benzene ring substituents is 1.